The molecule has 5 fully saturated rings. The molecule has 2 bridgehead atoms. The Morgan fingerprint density at radius 3 is 2.45 bits per heavy atom. The standard InChI is InChI=1S/C47H55FN9O6Si/c48-36-11-10-30(57-31-8-9-32(57)27-55(26-31)39-25-37(51-52-45(39)49)35-4-1-2-7-40(35)58)24-41(36)63-33-15-20-54(21-16-33)43(60)28-53-18-13-29(14-19-53)34-5-3-6-38-44(34)62-23-22-56(38)47(64)17-12-42(59)50-46(47)61/h1-7,10-11,24-25,29,31-33,51-52,58H,8-9,12-23,26-28,49H2,(H,50,59,61)/t31-,32+,47-/m0/s1. The molecule has 7 heterocycles. The lowest BCUT2D eigenvalue weighted by atomic mass is 9.87. The van der Waals surface area contributed by atoms with Crippen molar-refractivity contribution in [2.45, 2.75) is 80.6 Å². The van der Waals surface area contributed by atoms with Gasteiger partial charge in [0.2, 0.25) is 17.7 Å². The molecule has 0 saturated carbocycles. The number of halogens is 1. The van der Waals surface area contributed by atoms with Gasteiger partial charge in [0, 0.05) is 74.8 Å². The van der Waals surface area contributed by atoms with Gasteiger partial charge in [-0.1, -0.05) is 24.3 Å². The number of carbonyl (C=O) groups is 3. The Morgan fingerprint density at radius 2 is 1.70 bits per heavy atom. The lowest BCUT2D eigenvalue weighted by Crippen LogP contribution is -2.65. The number of hydrazine groups is 1. The molecule has 10 rings (SSSR count). The van der Waals surface area contributed by atoms with Gasteiger partial charge in [-0.2, -0.15) is 0 Å². The number of likely N-dealkylation sites (tertiary alicyclic amines) is 3. The van der Waals surface area contributed by atoms with Crippen LogP contribution in [0.15, 0.2) is 78.3 Å². The summed E-state index contributed by atoms with van der Waals surface area (Å²) in [6, 6.07) is 18.9. The summed E-state index contributed by atoms with van der Waals surface area (Å²) in [5, 5.41) is 11.9. The van der Waals surface area contributed by atoms with E-state index < -0.39 is 11.0 Å². The number of carbonyl (C=O) groups excluding carboxylic acids is 3. The van der Waals surface area contributed by atoms with Crippen LogP contribution in [-0.4, -0.2) is 130 Å². The first-order valence-electron chi connectivity index (χ1n) is 22.7. The van der Waals surface area contributed by atoms with Crippen LogP contribution in [0.2, 0.25) is 0 Å². The van der Waals surface area contributed by atoms with Crippen molar-refractivity contribution in [1.82, 2.24) is 30.9 Å². The van der Waals surface area contributed by atoms with E-state index >= 15 is 4.39 Å². The third-order valence-electron chi connectivity index (χ3n) is 14.3. The van der Waals surface area contributed by atoms with Crippen LogP contribution in [0, 0.1) is 5.82 Å². The number of nitrogens with two attached hydrogens (primary N) is 1. The van der Waals surface area contributed by atoms with Crippen molar-refractivity contribution in [3.8, 4) is 17.2 Å². The number of aromatic hydroxyl groups is 1. The number of phenolic OH excluding ortho intramolecular Hbond substituents is 1. The summed E-state index contributed by atoms with van der Waals surface area (Å²) in [7, 11) is 3.76. The van der Waals surface area contributed by atoms with E-state index in [1.165, 1.54) is 6.07 Å². The molecule has 335 valence electrons. The highest BCUT2D eigenvalue weighted by Crippen LogP contribution is 2.45. The Labute approximate surface area is 375 Å². The summed E-state index contributed by atoms with van der Waals surface area (Å²) in [4.78, 5) is 49.4. The lowest BCUT2D eigenvalue weighted by molar-refractivity contribution is -0.136. The molecule has 3 atom stereocenters. The van der Waals surface area contributed by atoms with Gasteiger partial charge in [0.05, 0.1) is 40.4 Å². The van der Waals surface area contributed by atoms with E-state index in [-0.39, 0.29) is 59.7 Å². The second-order valence-electron chi connectivity index (χ2n) is 18.1. The SMILES string of the molecule is NC1=C(N2C[C@H]3CC[C@@H](C2)N3c2ccc(F)c(OC3CCN(C(=O)CN4CCC(c5cccc6c5OCCN6[C@]5([Si])CCC(=O)NC5=O)CC4)CC3)c2)C=C(c2ccccc2O)NN1. The van der Waals surface area contributed by atoms with E-state index in [9.17, 15) is 19.5 Å². The molecule has 7 aliphatic heterocycles. The summed E-state index contributed by atoms with van der Waals surface area (Å²) < 4.78 is 28.0. The van der Waals surface area contributed by atoms with Gasteiger partial charge in [-0.25, -0.2) is 4.39 Å². The fourth-order valence-corrected chi connectivity index (χ4v) is 11.3. The minimum atomic E-state index is -1.02. The highest BCUT2D eigenvalue weighted by Gasteiger charge is 2.46. The van der Waals surface area contributed by atoms with Crippen molar-refractivity contribution in [1.29, 1.82) is 0 Å². The van der Waals surface area contributed by atoms with E-state index in [0.717, 1.165) is 85.9 Å². The molecule has 7 aliphatic rings. The Balaban J connectivity index is 0.714. The average Bonchev–Trinajstić information content (AvgIpc) is 3.57. The smallest absolute Gasteiger partial charge is 0.248 e. The number of para-hydroxylation sites is 2. The summed E-state index contributed by atoms with van der Waals surface area (Å²) in [5.74, 6) is 1.09. The minimum absolute atomic E-state index is 0.102. The fraction of sp³-hybridized carbons (Fsp3) is 0.468. The molecular formula is C47H55FN9O6Si. The van der Waals surface area contributed by atoms with Crippen LogP contribution >= 0.6 is 0 Å². The molecule has 0 unspecified atom stereocenters. The van der Waals surface area contributed by atoms with Crippen molar-refractivity contribution < 1.29 is 33.4 Å². The van der Waals surface area contributed by atoms with Crippen molar-refractivity contribution in [3.05, 3.63) is 95.2 Å². The number of ether oxygens (including phenoxy) is 2. The van der Waals surface area contributed by atoms with Gasteiger partial charge >= 0.3 is 0 Å². The number of nitrogens with one attached hydrogen (secondary N) is 3. The molecule has 0 spiro atoms. The normalized spacial score (nSPS) is 25.6. The zero-order valence-electron chi connectivity index (χ0n) is 35.9. The van der Waals surface area contributed by atoms with Crippen LogP contribution in [0.1, 0.15) is 68.4 Å². The molecule has 17 heteroatoms. The predicted octanol–water partition coefficient (Wildman–Crippen LogP) is 3.21. The van der Waals surface area contributed by atoms with Crippen molar-refractivity contribution >= 4 is 45.0 Å². The number of allylic oxidation sites excluding steroid dienone is 1. The maximum absolute atomic E-state index is 15.4. The van der Waals surface area contributed by atoms with Gasteiger partial charge in [-0.15, -0.1) is 0 Å². The van der Waals surface area contributed by atoms with Crippen LogP contribution in [0.25, 0.3) is 5.70 Å². The number of phenols is 1. The first kappa shape index (κ1) is 42.0. The first-order chi connectivity index (χ1) is 31.0. The average molecular weight is 889 g/mol. The number of piperazine rings is 1. The Kier molecular flexibility index (Phi) is 11.3. The van der Waals surface area contributed by atoms with Crippen LogP contribution in [0.5, 0.6) is 17.2 Å². The number of piperidine rings is 3. The largest absolute Gasteiger partial charge is 0.507 e. The molecule has 5 saturated heterocycles. The maximum atomic E-state index is 15.4. The van der Waals surface area contributed by atoms with Gasteiger partial charge in [0.15, 0.2) is 11.6 Å². The van der Waals surface area contributed by atoms with Gasteiger partial charge in [0.1, 0.15) is 35.2 Å². The zero-order chi connectivity index (χ0) is 44.1. The molecule has 64 heavy (non-hydrogen) atoms. The second-order valence-corrected chi connectivity index (χ2v) is 18.9. The summed E-state index contributed by atoms with van der Waals surface area (Å²) in [5.41, 5.74) is 17.8. The topological polar surface area (TPSA) is 168 Å². The third kappa shape index (κ3) is 7.97. The monoisotopic (exact) mass is 888 g/mol. The van der Waals surface area contributed by atoms with Crippen LogP contribution in [-0.2, 0) is 14.4 Å². The first-order valence-corrected chi connectivity index (χ1v) is 23.2. The van der Waals surface area contributed by atoms with Crippen molar-refractivity contribution in [3.63, 3.8) is 0 Å². The molecule has 3 aromatic carbocycles. The molecule has 3 aromatic rings. The fourth-order valence-electron chi connectivity index (χ4n) is 10.9. The number of nitrogens with zero attached hydrogens (tertiary/aromatic N) is 5. The number of imide groups is 1. The number of hydrogen-bond donors (Lipinski definition) is 5. The van der Waals surface area contributed by atoms with Gasteiger partial charge in [0.25, 0.3) is 0 Å². The Bertz CT molecular complexity index is 2370. The molecular weight excluding hydrogens is 834 g/mol. The van der Waals surface area contributed by atoms with Crippen molar-refractivity contribution in [2.24, 2.45) is 5.73 Å². The summed E-state index contributed by atoms with van der Waals surface area (Å²) >= 11 is 0. The highest BCUT2D eigenvalue weighted by molar-refractivity contribution is 6.33. The summed E-state index contributed by atoms with van der Waals surface area (Å²) in [6.45, 7) is 5.46. The number of rotatable bonds is 9. The zero-order valence-corrected chi connectivity index (χ0v) is 36.9. The molecule has 0 aliphatic carbocycles. The van der Waals surface area contributed by atoms with Crippen LogP contribution in [0.4, 0.5) is 15.8 Å². The predicted molar refractivity (Wildman–Crippen MR) is 240 cm³/mol. The molecule has 0 aromatic heterocycles. The van der Waals surface area contributed by atoms with Crippen LogP contribution in [0.3, 0.4) is 0 Å². The van der Waals surface area contributed by atoms with E-state index in [0.29, 0.717) is 63.4 Å². The maximum Gasteiger partial charge on any atom is 0.248 e. The molecule has 6 N–H and O–H groups in total. The van der Waals surface area contributed by atoms with Crippen LogP contribution < -0.4 is 41.2 Å². The number of benzene rings is 3. The number of fused-ring (bicyclic) bond motifs is 3. The Morgan fingerprint density at radius 1 is 0.938 bits per heavy atom. The third-order valence-corrected chi connectivity index (χ3v) is 15.0. The number of amides is 3. The second kappa shape index (κ2) is 17.2. The molecule has 15 nitrogen and oxygen atoms in total. The van der Waals surface area contributed by atoms with Gasteiger partial charge in [-0.05, 0) is 93.1 Å². The Hall–Kier alpha value is -5.94. The lowest BCUT2D eigenvalue weighted by Gasteiger charge is -2.46. The van der Waals surface area contributed by atoms with E-state index in [2.05, 4.69) is 47.2 Å². The molecule has 3 radical (unpaired) electrons. The van der Waals surface area contributed by atoms with Gasteiger partial charge in [-0.3, -0.25) is 35.5 Å². The number of anilines is 2. The van der Waals surface area contributed by atoms with E-state index in [4.69, 9.17) is 15.2 Å². The highest BCUT2D eigenvalue weighted by atomic mass is 28.1. The van der Waals surface area contributed by atoms with E-state index in [1.807, 2.05) is 52.3 Å². The minimum Gasteiger partial charge on any atom is -0.507 e. The quantitative estimate of drug-likeness (QED) is 0.157. The number of hydrogen-bond acceptors (Lipinski definition) is 13. The molecule has 3 amide bonds. The van der Waals surface area contributed by atoms with E-state index in [1.54, 1.807) is 12.1 Å². The van der Waals surface area contributed by atoms with Gasteiger partial charge < -0.3 is 39.9 Å². The summed E-state index contributed by atoms with van der Waals surface area (Å²) in [6.07, 6.45) is 7.43. The van der Waals surface area contributed by atoms with Crippen molar-refractivity contribution in [2.75, 3.05) is 68.8 Å².